The molecular formula is C18H13ClN6O. The third kappa shape index (κ3) is 2.44. The van der Waals surface area contributed by atoms with Crippen LogP contribution < -0.4 is 5.32 Å². The van der Waals surface area contributed by atoms with Gasteiger partial charge in [-0.05, 0) is 29.3 Å². The maximum absolute atomic E-state index is 12.3. The molecule has 7 nitrogen and oxygen atoms in total. The molecule has 0 atom stereocenters. The zero-order valence-electron chi connectivity index (χ0n) is 13.6. The highest BCUT2D eigenvalue weighted by Gasteiger charge is 2.19. The molecule has 5 rings (SSSR count). The Balaban J connectivity index is 1.48. The number of benzene rings is 1. The first kappa shape index (κ1) is 15.1. The second-order valence-electron chi connectivity index (χ2n) is 6.18. The van der Waals surface area contributed by atoms with Crippen LogP contribution in [0.4, 0.5) is 5.69 Å². The topological polar surface area (TPSA) is 77.6 Å². The van der Waals surface area contributed by atoms with Crippen molar-refractivity contribution < 1.29 is 4.79 Å². The highest BCUT2D eigenvalue weighted by Crippen LogP contribution is 2.25. The fraction of sp³-hybridized carbons (Fsp3) is 0.111. The third-order valence-electron chi connectivity index (χ3n) is 4.47. The highest BCUT2D eigenvalue weighted by molar-refractivity contribution is 6.34. The summed E-state index contributed by atoms with van der Waals surface area (Å²) in [5.41, 5.74) is 4.21. The number of hydrogen-bond donors (Lipinski definition) is 1. The Kier molecular flexibility index (Phi) is 3.29. The van der Waals surface area contributed by atoms with Crippen LogP contribution in [0.2, 0.25) is 5.15 Å². The first-order valence-electron chi connectivity index (χ1n) is 8.10. The lowest BCUT2D eigenvalue weighted by Crippen LogP contribution is -2.14. The summed E-state index contributed by atoms with van der Waals surface area (Å²) in [7, 11) is 0. The van der Waals surface area contributed by atoms with Crippen molar-refractivity contribution in [2.24, 2.45) is 0 Å². The summed E-state index contributed by atoms with van der Waals surface area (Å²) >= 11 is 6.12. The van der Waals surface area contributed by atoms with Crippen molar-refractivity contribution in [2.45, 2.75) is 13.1 Å². The van der Waals surface area contributed by atoms with Crippen LogP contribution in [0, 0.1) is 0 Å². The van der Waals surface area contributed by atoms with Crippen molar-refractivity contribution in [3.63, 3.8) is 0 Å². The fourth-order valence-electron chi connectivity index (χ4n) is 3.20. The van der Waals surface area contributed by atoms with Crippen LogP contribution in [0.25, 0.3) is 10.9 Å². The van der Waals surface area contributed by atoms with Crippen LogP contribution in [0.5, 0.6) is 0 Å². The van der Waals surface area contributed by atoms with Gasteiger partial charge in [0.1, 0.15) is 10.8 Å². The van der Waals surface area contributed by atoms with Gasteiger partial charge in [0.05, 0.1) is 24.0 Å². The SMILES string of the molecule is O=C1Nc2cc(Cn3cc4c(Cl)nccc4n3)ccc2Cn2nccc21. The number of fused-ring (bicyclic) bond motifs is 3. The molecule has 26 heavy (non-hydrogen) atoms. The summed E-state index contributed by atoms with van der Waals surface area (Å²) in [5, 5.41) is 13.0. The van der Waals surface area contributed by atoms with E-state index in [2.05, 4.69) is 20.5 Å². The van der Waals surface area contributed by atoms with Crippen molar-refractivity contribution >= 4 is 34.1 Å². The largest absolute Gasteiger partial charge is 0.320 e. The lowest BCUT2D eigenvalue weighted by atomic mass is 10.1. The Morgan fingerprint density at radius 3 is 3.00 bits per heavy atom. The molecule has 128 valence electrons. The fourth-order valence-corrected chi connectivity index (χ4v) is 3.41. The number of halogens is 1. The van der Waals surface area contributed by atoms with E-state index in [1.807, 2.05) is 35.1 Å². The van der Waals surface area contributed by atoms with Crippen LogP contribution in [-0.2, 0) is 13.1 Å². The van der Waals surface area contributed by atoms with E-state index in [0.29, 0.717) is 23.9 Å². The summed E-state index contributed by atoms with van der Waals surface area (Å²) in [6.45, 7) is 1.13. The van der Waals surface area contributed by atoms with Gasteiger partial charge in [0.15, 0.2) is 0 Å². The average Bonchev–Trinajstić information content (AvgIpc) is 3.22. The van der Waals surface area contributed by atoms with Gasteiger partial charge in [-0.15, -0.1) is 0 Å². The Morgan fingerprint density at radius 2 is 2.12 bits per heavy atom. The second-order valence-corrected chi connectivity index (χ2v) is 6.54. The number of carbonyl (C=O) groups is 1. The molecular weight excluding hydrogens is 352 g/mol. The summed E-state index contributed by atoms with van der Waals surface area (Å²) in [4.78, 5) is 16.4. The number of carbonyl (C=O) groups excluding carboxylic acids is 1. The summed E-state index contributed by atoms with van der Waals surface area (Å²) in [5.74, 6) is -0.152. The van der Waals surface area contributed by atoms with Gasteiger partial charge in [-0.1, -0.05) is 23.7 Å². The molecule has 1 N–H and O–H groups in total. The number of amides is 1. The highest BCUT2D eigenvalue weighted by atomic mass is 35.5. The van der Waals surface area contributed by atoms with Gasteiger partial charge < -0.3 is 5.32 Å². The Bertz CT molecular complexity index is 1160. The van der Waals surface area contributed by atoms with Crippen LogP contribution >= 0.6 is 11.6 Å². The number of rotatable bonds is 2. The molecule has 3 aromatic heterocycles. The standard InChI is InChI=1S/C18H13ClN6O/c19-17-13-10-24(23-14(13)3-5-20-17)8-11-1-2-12-9-25-16(4-6-21-25)18(26)22-15(12)7-11/h1-7,10H,8-9H2,(H,22,26). The van der Waals surface area contributed by atoms with E-state index in [4.69, 9.17) is 11.6 Å². The molecule has 0 fully saturated rings. The van der Waals surface area contributed by atoms with Gasteiger partial charge in [-0.25, -0.2) is 4.98 Å². The minimum absolute atomic E-state index is 0.152. The van der Waals surface area contributed by atoms with Gasteiger partial charge in [0.25, 0.3) is 5.91 Å². The van der Waals surface area contributed by atoms with Crippen molar-refractivity contribution in [3.05, 3.63) is 70.9 Å². The number of nitrogens with zero attached hydrogens (tertiary/aromatic N) is 5. The van der Waals surface area contributed by atoms with Crippen molar-refractivity contribution in [2.75, 3.05) is 5.32 Å². The molecule has 0 radical (unpaired) electrons. The number of nitrogens with one attached hydrogen (secondary N) is 1. The molecule has 0 saturated carbocycles. The minimum atomic E-state index is -0.152. The maximum atomic E-state index is 12.3. The maximum Gasteiger partial charge on any atom is 0.273 e. The van der Waals surface area contributed by atoms with Crippen LogP contribution in [0.3, 0.4) is 0 Å². The average molecular weight is 365 g/mol. The van der Waals surface area contributed by atoms with E-state index in [1.165, 1.54) is 0 Å². The minimum Gasteiger partial charge on any atom is -0.320 e. The normalized spacial score (nSPS) is 13.2. The summed E-state index contributed by atoms with van der Waals surface area (Å²) in [6, 6.07) is 9.57. The number of pyridine rings is 1. The van der Waals surface area contributed by atoms with E-state index in [1.54, 1.807) is 23.1 Å². The van der Waals surface area contributed by atoms with Gasteiger partial charge in [0.2, 0.25) is 0 Å². The molecule has 0 aliphatic carbocycles. The van der Waals surface area contributed by atoms with E-state index in [-0.39, 0.29) is 5.91 Å². The first-order chi connectivity index (χ1) is 12.7. The van der Waals surface area contributed by atoms with E-state index in [9.17, 15) is 4.79 Å². The molecule has 1 aliphatic heterocycles. The quantitative estimate of drug-likeness (QED) is 0.555. The molecule has 4 aromatic rings. The molecule has 1 amide bonds. The molecule has 0 bridgehead atoms. The predicted molar refractivity (Wildman–Crippen MR) is 97.4 cm³/mol. The van der Waals surface area contributed by atoms with Crippen LogP contribution in [-0.4, -0.2) is 30.5 Å². The van der Waals surface area contributed by atoms with Gasteiger partial charge in [-0.2, -0.15) is 10.2 Å². The molecule has 8 heteroatoms. The van der Waals surface area contributed by atoms with Crippen molar-refractivity contribution in [1.82, 2.24) is 24.5 Å². The summed E-state index contributed by atoms with van der Waals surface area (Å²) < 4.78 is 3.53. The molecule has 0 saturated heterocycles. The van der Waals surface area contributed by atoms with Crippen molar-refractivity contribution in [1.29, 1.82) is 0 Å². The third-order valence-corrected chi connectivity index (χ3v) is 4.77. The van der Waals surface area contributed by atoms with E-state index >= 15 is 0 Å². The lowest BCUT2D eigenvalue weighted by molar-refractivity contribution is 0.101. The molecule has 0 spiro atoms. The Morgan fingerprint density at radius 1 is 1.19 bits per heavy atom. The monoisotopic (exact) mass is 364 g/mol. The van der Waals surface area contributed by atoms with Gasteiger partial charge in [-0.3, -0.25) is 14.2 Å². The second kappa shape index (κ2) is 5.67. The van der Waals surface area contributed by atoms with E-state index in [0.717, 1.165) is 27.7 Å². The van der Waals surface area contributed by atoms with Gasteiger partial charge in [0, 0.05) is 24.3 Å². The number of anilines is 1. The number of hydrogen-bond acceptors (Lipinski definition) is 4. The molecule has 1 aliphatic rings. The van der Waals surface area contributed by atoms with Gasteiger partial charge >= 0.3 is 0 Å². The van der Waals surface area contributed by atoms with Crippen LogP contribution in [0.15, 0.2) is 48.9 Å². The Hall–Kier alpha value is -3.19. The number of aromatic nitrogens is 5. The van der Waals surface area contributed by atoms with Crippen molar-refractivity contribution in [3.8, 4) is 0 Å². The lowest BCUT2D eigenvalue weighted by Gasteiger charge is -2.09. The molecule has 1 aromatic carbocycles. The zero-order valence-corrected chi connectivity index (χ0v) is 14.3. The van der Waals surface area contributed by atoms with E-state index < -0.39 is 0 Å². The molecule has 4 heterocycles. The van der Waals surface area contributed by atoms with Crippen LogP contribution in [0.1, 0.15) is 21.6 Å². The summed E-state index contributed by atoms with van der Waals surface area (Å²) in [6.07, 6.45) is 5.16. The predicted octanol–water partition coefficient (Wildman–Crippen LogP) is 2.94. The molecule has 0 unspecified atom stereocenters. The Labute approximate surface area is 153 Å². The first-order valence-corrected chi connectivity index (χ1v) is 8.48. The zero-order chi connectivity index (χ0) is 17.7. The smallest absolute Gasteiger partial charge is 0.273 e.